The van der Waals surface area contributed by atoms with Crippen LogP contribution >= 0.6 is 0 Å². The summed E-state index contributed by atoms with van der Waals surface area (Å²) in [7, 11) is 0. The van der Waals surface area contributed by atoms with Crippen LogP contribution in [0.15, 0.2) is 0 Å². The highest BCUT2D eigenvalue weighted by Gasteiger charge is 2.41. The Kier molecular flexibility index (Phi) is 4.55. The van der Waals surface area contributed by atoms with Crippen molar-refractivity contribution in [3.63, 3.8) is 0 Å². The van der Waals surface area contributed by atoms with Gasteiger partial charge in [-0.15, -0.1) is 0 Å². The van der Waals surface area contributed by atoms with Crippen molar-refractivity contribution in [2.75, 3.05) is 52.4 Å². The Bertz CT molecular complexity index is 346. The van der Waals surface area contributed by atoms with E-state index in [1.54, 1.807) is 0 Å². The maximum absolute atomic E-state index is 11.7. The minimum absolute atomic E-state index is 0.148. The lowest BCUT2D eigenvalue weighted by atomic mass is 9.91. The predicted octanol–water partition coefficient (Wildman–Crippen LogP) is -1.54. The number of fused-ring (bicyclic) bond motifs is 1. The lowest BCUT2D eigenvalue weighted by molar-refractivity contribution is -0.124. The first-order valence-corrected chi connectivity index (χ1v) is 7.87. The molecule has 0 radical (unpaired) electrons. The molecule has 1 amide bonds. The van der Waals surface area contributed by atoms with E-state index in [1.807, 2.05) is 0 Å². The molecular formula is C14H26N4O2. The van der Waals surface area contributed by atoms with Crippen molar-refractivity contribution in [1.82, 2.24) is 20.4 Å². The van der Waals surface area contributed by atoms with Gasteiger partial charge in [-0.3, -0.25) is 14.6 Å². The number of piperazine rings is 1. The fourth-order valence-electron chi connectivity index (χ4n) is 3.79. The molecule has 3 aliphatic heterocycles. The quantitative estimate of drug-likeness (QED) is 0.583. The van der Waals surface area contributed by atoms with Gasteiger partial charge in [0.15, 0.2) is 0 Å². The SMILES string of the molecule is O=C1NCC2C1CCCN2CC(O)CN1CCNCC1. The Morgan fingerprint density at radius 1 is 1.25 bits per heavy atom. The van der Waals surface area contributed by atoms with E-state index in [1.165, 1.54) is 0 Å². The number of piperidine rings is 1. The van der Waals surface area contributed by atoms with Gasteiger partial charge in [0.05, 0.1) is 12.0 Å². The molecule has 3 unspecified atom stereocenters. The maximum Gasteiger partial charge on any atom is 0.224 e. The molecule has 3 saturated heterocycles. The zero-order valence-corrected chi connectivity index (χ0v) is 12.1. The largest absolute Gasteiger partial charge is 0.390 e. The molecule has 0 aromatic heterocycles. The number of hydrogen-bond donors (Lipinski definition) is 3. The van der Waals surface area contributed by atoms with Crippen molar-refractivity contribution in [2.24, 2.45) is 5.92 Å². The molecule has 3 rings (SSSR count). The van der Waals surface area contributed by atoms with E-state index < -0.39 is 0 Å². The summed E-state index contributed by atoms with van der Waals surface area (Å²) in [5.74, 6) is 0.353. The first-order chi connectivity index (χ1) is 9.74. The number of nitrogens with one attached hydrogen (secondary N) is 2. The molecule has 0 aromatic carbocycles. The van der Waals surface area contributed by atoms with Crippen LogP contribution in [0.3, 0.4) is 0 Å². The van der Waals surface area contributed by atoms with E-state index in [4.69, 9.17) is 0 Å². The summed E-state index contributed by atoms with van der Waals surface area (Å²) >= 11 is 0. The zero-order valence-electron chi connectivity index (χ0n) is 12.1. The molecule has 6 nitrogen and oxygen atoms in total. The molecule has 0 aliphatic carbocycles. The van der Waals surface area contributed by atoms with Crippen molar-refractivity contribution >= 4 is 5.91 Å². The highest BCUT2D eigenvalue weighted by Crippen LogP contribution is 2.27. The van der Waals surface area contributed by atoms with E-state index in [2.05, 4.69) is 20.4 Å². The van der Waals surface area contributed by atoms with Crippen LogP contribution in [-0.4, -0.2) is 85.3 Å². The van der Waals surface area contributed by atoms with Gasteiger partial charge in [-0.05, 0) is 19.4 Å². The molecule has 0 saturated carbocycles. The summed E-state index contributed by atoms with van der Waals surface area (Å²) in [6.07, 6.45) is 1.75. The fourth-order valence-corrected chi connectivity index (χ4v) is 3.79. The Morgan fingerprint density at radius 2 is 2.05 bits per heavy atom. The molecule has 3 aliphatic rings. The monoisotopic (exact) mass is 282 g/mol. The van der Waals surface area contributed by atoms with Crippen LogP contribution in [0.2, 0.25) is 0 Å². The Balaban J connectivity index is 1.50. The van der Waals surface area contributed by atoms with Gasteiger partial charge in [0.2, 0.25) is 5.91 Å². The second kappa shape index (κ2) is 6.39. The predicted molar refractivity (Wildman–Crippen MR) is 76.4 cm³/mol. The van der Waals surface area contributed by atoms with E-state index in [9.17, 15) is 9.90 Å². The second-order valence-electron chi connectivity index (χ2n) is 6.26. The van der Waals surface area contributed by atoms with Crippen molar-refractivity contribution in [3.8, 4) is 0 Å². The molecular weight excluding hydrogens is 256 g/mol. The van der Waals surface area contributed by atoms with Crippen LogP contribution in [0.25, 0.3) is 0 Å². The second-order valence-corrected chi connectivity index (χ2v) is 6.26. The molecule has 114 valence electrons. The molecule has 3 heterocycles. The van der Waals surface area contributed by atoms with Gasteiger partial charge in [-0.2, -0.15) is 0 Å². The highest BCUT2D eigenvalue weighted by molar-refractivity contribution is 5.82. The number of carbonyl (C=O) groups excluding carboxylic acids is 1. The Morgan fingerprint density at radius 3 is 2.85 bits per heavy atom. The summed E-state index contributed by atoms with van der Waals surface area (Å²) in [5, 5.41) is 16.6. The van der Waals surface area contributed by atoms with E-state index in [0.29, 0.717) is 12.6 Å². The number of hydrogen-bond acceptors (Lipinski definition) is 5. The molecule has 6 heteroatoms. The third-order valence-electron chi connectivity index (χ3n) is 4.84. The summed E-state index contributed by atoms with van der Waals surface area (Å²) in [6, 6.07) is 0.300. The van der Waals surface area contributed by atoms with Gasteiger partial charge in [0.25, 0.3) is 0 Å². The fraction of sp³-hybridized carbons (Fsp3) is 0.929. The molecule has 3 fully saturated rings. The number of rotatable bonds is 4. The minimum Gasteiger partial charge on any atom is -0.390 e. The highest BCUT2D eigenvalue weighted by atomic mass is 16.3. The first kappa shape index (κ1) is 14.3. The zero-order chi connectivity index (χ0) is 13.9. The Labute approximate surface area is 120 Å². The van der Waals surface area contributed by atoms with Gasteiger partial charge in [-0.1, -0.05) is 0 Å². The van der Waals surface area contributed by atoms with Crippen LogP contribution in [0, 0.1) is 5.92 Å². The topological polar surface area (TPSA) is 67.8 Å². The van der Waals surface area contributed by atoms with Crippen LogP contribution in [0.4, 0.5) is 0 Å². The number of nitrogens with zero attached hydrogens (tertiary/aromatic N) is 2. The Hall–Kier alpha value is -0.690. The van der Waals surface area contributed by atoms with Crippen LogP contribution in [0.5, 0.6) is 0 Å². The minimum atomic E-state index is -0.317. The van der Waals surface area contributed by atoms with E-state index in [0.717, 1.165) is 58.7 Å². The van der Waals surface area contributed by atoms with E-state index >= 15 is 0 Å². The molecule has 0 bridgehead atoms. The molecule has 0 spiro atoms. The number of aliphatic hydroxyl groups excluding tert-OH is 1. The summed E-state index contributed by atoms with van der Waals surface area (Å²) < 4.78 is 0. The van der Waals surface area contributed by atoms with Gasteiger partial charge in [-0.25, -0.2) is 0 Å². The number of amides is 1. The van der Waals surface area contributed by atoms with Crippen LogP contribution in [-0.2, 0) is 4.79 Å². The van der Waals surface area contributed by atoms with Crippen molar-refractivity contribution < 1.29 is 9.90 Å². The lowest BCUT2D eigenvalue weighted by Crippen LogP contribution is -2.52. The number of likely N-dealkylation sites (tertiary alicyclic amines) is 1. The molecule has 0 aromatic rings. The molecule has 20 heavy (non-hydrogen) atoms. The normalized spacial score (nSPS) is 33.8. The van der Waals surface area contributed by atoms with Crippen LogP contribution < -0.4 is 10.6 Å². The van der Waals surface area contributed by atoms with Gasteiger partial charge in [0.1, 0.15) is 0 Å². The van der Waals surface area contributed by atoms with Gasteiger partial charge >= 0.3 is 0 Å². The van der Waals surface area contributed by atoms with Crippen molar-refractivity contribution in [3.05, 3.63) is 0 Å². The smallest absolute Gasteiger partial charge is 0.224 e. The van der Waals surface area contributed by atoms with E-state index in [-0.39, 0.29) is 17.9 Å². The van der Waals surface area contributed by atoms with Crippen molar-refractivity contribution in [1.29, 1.82) is 0 Å². The molecule has 3 atom stereocenters. The maximum atomic E-state index is 11.7. The summed E-state index contributed by atoms with van der Waals surface area (Å²) in [5.41, 5.74) is 0. The summed E-state index contributed by atoms with van der Waals surface area (Å²) in [4.78, 5) is 16.4. The average Bonchev–Trinajstić information content (AvgIpc) is 2.83. The van der Waals surface area contributed by atoms with Crippen molar-refractivity contribution in [2.45, 2.75) is 25.0 Å². The standard InChI is InChI=1S/C14H26N4O2/c19-11(9-17-6-3-15-4-7-17)10-18-5-1-2-12-13(18)8-16-14(12)20/h11-13,15,19H,1-10H2,(H,16,20). The van der Waals surface area contributed by atoms with Gasteiger partial charge in [0, 0.05) is 51.9 Å². The number of aliphatic hydroxyl groups is 1. The number of β-amino-alcohol motifs (C(OH)–C–C–N with tert-alkyl or cyclic N) is 1. The lowest BCUT2D eigenvalue weighted by Gasteiger charge is -2.38. The number of carbonyl (C=O) groups is 1. The third kappa shape index (κ3) is 3.14. The molecule has 3 N–H and O–H groups in total. The summed E-state index contributed by atoms with van der Waals surface area (Å²) in [6.45, 7) is 7.26. The average molecular weight is 282 g/mol. The van der Waals surface area contributed by atoms with Gasteiger partial charge < -0.3 is 15.7 Å². The third-order valence-corrected chi connectivity index (χ3v) is 4.84. The van der Waals surface area contributed by atoms with Crippen LogP contribution in [0.1, 0.15) is 12.8 Å². The first-order valence-electron chi connectivity index (χ1n) is 7.87.